The largest absolute Gasteiger partial charge is 0.459 e. The molecule has 1 atom stereocenters. The van der Waals surface area contributed by atoms with Crippen LogP contribution in [-0.4, -0.2) is 6.67 Å². The number of furan rings is 1. The molecular weight excluding hydrogens is 169 g/mol. The molecule has 1 aromatic heterocycles. The van der Waals surface area contributed by atoms with Gasteiger partial charge in [0.15, 0.2) is 0 Å². The van der Waals surface area contributed by atoms with Gasteiger partial charge >= 0.3 is 0 Å². The predicted molar refractivity (Wildman–Crippen MR) is 49.1 cm³/mol. The molecule has 0 aliphatic carbocycles. The van der Waals surface area contributed by atoms with E-state index in [1.165, 1.54) is 0 Å². The Bertz CT molecular complexity index is 377. The van der Waals surface area contributed by atoms with Gasteiger partial charge in [-0.15, -0.1) is 0 Å². The fourth-order valence-electron chi connectivity index (χ4n) is 1.26. The standard InChI is InChI=1S/C10H10FNO/c11-6-8(12)10-5-7-3-1-2-4-9(7)13-10/h1-5,8H,6,12H2/t8-/m0/s1. The molecule has 0 spiro atoms. The van der Waals surface area contributed by atoms with Crippen LogP contribution in [0, 0.1) is 0 Å². The lowest BCUT2D eigenvalue weighted by atomic mass is 10.2. The number of para-hydroxylation sites is 1. The molecule has 3 heteroatoms. The van der Waals surface area contributed by atoms with Crippen molar-refractivity contribution in [2.24, 2.45) is 5.73 Å². The lowest BCUT2D eigenvalue weighted by Crippen LogP contribution is -2.10. The normalized spacial score (nSPS) is 13.4. The fraction of sp³-hybridized carbons (Fsp3) is 0.200. The third-order valence-corrected chi connectivity index (χ3v) is 1.98. The van der Waals surface area contributed by atoms with Crippen molar-refractivity contribution in [2.75, 3.05) is 6.67 Å². The maximum absolute atomic E-state index is 12.2. The monoisotopic (exact) mass is 179 g/mol. The quantitative estimate of drug-likeness (QED) is 0.768. The maximum Gasteiger partial charge on any atom is 0.134 e. The van der Waals surface area contributed by atoms with Crippen LogP contribution in [0.2, 0.25) is 0 Å². The Hall–Kier alpha value is -1.35. The van der Waals surface area contributed by atoms with Crippen LogP contribution in [0.1, 0.15) is 11.8 Å². The van der Waals surface area contributed by atoms with Crippen LogP contribution in [0.3, 0.4) is 0 Å². The molecule has 0 unspecified atom stereocenters. The Balaban J connectivity index is 2.49. The molecule has 1 heterocycles. The third kappa shape index (κ3) is 1.42. The van der Waals surface area contributed by atoms with Gasteiger partial charge in [-0.25, -0.2) is 4.39 Å². The Morgan fingerprint density at radius 1 is 1.38 bits per heavy atom. The zero-order chi connectivity index (χ0) is 9.26. The molecule has 2 rings (SSSR count). The molecular formula is C10H10FNO. The van der Waals surface area contributed by atoms with Crippen molar-refractivity contribution in [2.45, 2.75) is 6.04 Å². The summed E-state index contributed by atoms with van der Waals surface area (Å²) < 4.78 is 17.6. The minimum Gasteiger partial charge on any atom is -0.459 e. The van der Waals surface area contributed by atoms with Crippen LogP contribution in [0.25, 0.3) is 11.0 Å². The zero-order valence-corrected chi connectivity index (χ0v) is 7.03. The van der Waals surface area contributed by atoms with E-state index in [-0.39, 0.29) is 0 Å². The second kappa shape index (κ2) is 3.18. The average molecular weight is 179 g/mol. The van der Waals surface area contributed by atoms with E-state index in [2.05, 4.69) is 0 Å². The third-order valence-electron chi connectivity index (χ3n) is 1.98. The minimum atomic E-state index is -0.646. The Labute approximate surface area is 75.1 Å². The van der Waals surface area contributed by atoms with Crippen LogP contribution in [-0.2, 0) is 0 Å². The van der Waals surface area contributed by atoms with E-state index >= 15 is 0 Å². The molecule has 0 aliphatic heterocycles. The van der Waals surface area contributed by atoms with E-state index in [4.69, 9.17) is 10.2 Å². The first kappa shape index (κ1) is 8.26. The highest BCUT2D eigenvalue weighted by Gasteiger charge is 2.10. The van der Waals surface area contributed by atoms with Crippen molar-refractivity contribution in [1.29, 1.82) is 0 Å². The van der Waals surface area contributed by atoms with E-state index in [9.17, 15) is 4.39 Å². The van der Waals surface area contributed by atoms with Gasteiger partial charge in [0.2, 0.25) is 0 Å². The highest BCUT2D eigenvalue weighted by Crippen LogP contribution is 2.22. The zero-order valence-electron chi connectivity index (χ0n) is 7.03. The molecule has 2 nitrogen and oxygen atoms in total. The molecule has 1 aromatic carbocycles. The van der Waals surface area contributed by atoms with Crippen LogP contribution in [0.5, 0.6) is 0 Å². The van der Waals surface area contributed by atoms with E-state index in [1.807, 2.05) is 24.3 Å². The molecule has 0 amide bonds. The lowest BCUT2D eigenvalue weighted by molar-refractivity contribution is 0.390. The highest BCUT2D eigenvalue weighted by atomic mass is 19.1. The van der Waals surface area contributed by atoms with Crippen LogP contribution in [0.15, 0.2) is 34.7 Å². The van der Waals surface area contributed by atoms with Gasteiger partial charge in [-0.3, -0.25) is 0 Å². The summed E-state index contributed by atoms with van der Waals surface area (Å²) in [5, 5.41) is 0.960. The minimum absolute atomic E-state index is 0.503. The molecule has 13 heavy (non-hydrogen) atoms. The van der Waals surface area contributed by atoms with Gasteiger partial charge in [0.25, 0.3) is 0 Å². The lowest BCUT2D eigenvalue weighted by Gasteiger charge is -1.99. The van der Waals surface area contributed by atoms with Gasteiger partial charge in [0.05, 0.1) is 6.04 Å². The fourth-order valence-corrected chi connectivity index (χ4v) is 1.26. The molecule has 0 aliphatic rings. The molecule has 0 bridgehead atoms. The van der Waals surface area contributed by atoms with Gasteiger partial charge < -0.3 is 10.2 Å². The van der Waals surface area contributed by atoms with E-state index in [0.717, 1.165) is 11.0 Å². The van der Waals surface area contributed by atoms with Crippen LogP contribution >= 0.6 is 0 Å². The van der Waals surface area contributed by atoms with Gasteiger partial charge in [0.1, 0.15) is 18.0 Å². The first-order valence-corrected chi connectivity index (χ1v) is 4.11. The molecule has 0 fully saturated rings. The summed E-state index contributed by atoms with van der Waals surface area (Å²) >= 11 is 0. The van der Waals surface area contributed by atoms with Gasteiger partial charge in [-0.1, -0.05) is 18.2 Å². The number of alkyl halides is 1. The Morgan fingerprint density at radius 3 is 2.85 bits per heavy atom. The highest BCUT2D eigenvalue weighted by molar-refractivity contribution is 5.77. The average Bonchev–Trinajstić information content (AvgIpc) is 2.59. The van der Waals surface area contributed by atoms with Crippen molar-refractivity contribution >= 4 is 11.0 Å². The number of rotatable bonds is 2. The first-order chi connectivity index (χ1) is 6.31. The molecule has 0 radical (unpaired) electrons. The molecule has 68 valence electrons. The van der Waals surface area contributed by atoms with E-state index in [0.29, 0.717) is 5.76 Å². The SMILES string of the molecule is N[C@@H](CF)c1cc2ccccc2o1. The second-order valence-corrected chi connectivity index (χ2v) is 2.95. The number of halogens is 1. The smallest absolute Gasteiger partial charge is 0.134 e. The predicted octanol–water partition coefficient (Wildman–Crippen LogP) is 2.40. The summed E-state index contributed by atoms with van der Waals surface area (Å²) in [6.07, 6.45) is 0. The van der Waals surface area contributed by atoms with Gasteiger partial charge in [0, 0.05) is 5.39 Å². The van der Waals surface area contributed by atoms with Crippen LogP contribution in [0.4, 0.5) is 4.39 Å². The van der Waals surface area contributed by atoms with Gasteiger partial charge in [-0.05, 0) is 12.1 Å². The van der Waals surface area contributed by atoms with Crippen molar-refractivity contribution in [1.82, 2.24) is 0 Å². The second-order valence-electron chi connectivity index (χ2n) is 2.95. The van der Waals surface area contributed by atoms with Crippen molar-refractivity contribution in [3.63, 3.8) is 0 Å². The number of benzene rings is 1. The van der Waals surface area contributed by atoms with E-state index < -0.39 is 12.7 Å². The molecule has 2 N–H and O–H groups in total. The summed E-state index contributed by atoms with van der Waals surface area (Å²) in [5.41, 5.74) is 6.24. The first-order valence-electron chi connectivity index (χ1n) is 4.11. The van der Waals surface area contributed by atoms with E-state index in [1.54, 1.807) is 6.07 Å². The Morgan fingerprint density at radius 2 is 2.15 bits per heavy atom. The van der Waals surface area contributed by atoms with Crippen molar-refractivity contribution < 1.29 is 8.81 Å². The van der Waals surface area contributed by atoms with Crippen LogP contribution < -0.4 is 5.73 Å². The summed E-state index contributed by atoms with van der Waals surface area (Å²) in [6.45, 7) is -0.597. The Kier molecular flexibility index (Phi) is 2.02. The van der Waals surface area contributed by atoms with Crippen molar-refractivity contribution in [3.8, 4) is 0 Å². The number of nitrogens with two attached hydrogens (primary N) is 1. The number of fused-ring (bicyclic) bond motifs is 1. The molecule has 0 saturated carbocycles. The van der Waals surface area contributed by atoms with Gasteiger partial charge in [-0.2, -0.15) is 0 Å². The number of hydrogen-bond donors (Lipinski definition) is 1. The summed E-state index contributed by atoms with van der Waals surface area (Å²) in [4.78, 5) is 0. The molecule has 0 saturated heterocycles. The molecule has 2 aromatic rings. The summed E-state index contributed by atoms with van der Waals surface area (Å²) in [7, 11) is 0. The topological polar surface area (TPSA) is 39.2 Å². The van der Waals surface area contributed by atoms with Crippen molar-refractivity contribution in [3.05, 3.63) is 36.1 Å². The summed E-state index contributed by atoms with van der Waals surface area (Å²) in [5.74, 6) is 0.503. The maximum atomic E-state index is 12.2. The summed E-state index contributed by atoms with van der Waals surface area (Å²) in [6, 6.07) is 8.66. The number of hydrogen-bond acceptors (Lipinski definition) is 2.